The Bertz CT molecular complexity index is 205. The fourth-order valence-electron chi connectivity index (χ4n) is 2.17. The zero-order valence-corrected chi connectivity index (χ0v) is 7.92. The summed E-state index contributed by atoms with van der Waals surface area (Å²) >= 11 is 0. The molecular formula is C11H16O2. The third-order valence-corrected chi connectivity index (χ3v) is 2.88. The highest BCUT2D eigenvalue weighted by molar-refractivity contribution is 4.98. The predicted octanol–water partition coefficient (Wildman–Crippen LogP) is 2.09. The van der Waals surface area contributed by atoms with Crippen LogP contribution in [0.4, 0.5) is 0 Å². The van der Waals surface area contributed by atoms with Crippen molar-refractivity contribution in [1.29, 1.82) is 0 Å². The van der Waals surface area contributed by atoms with Crippen LogP contribution < -0.4 is 0 Å². The minimum atomic E-state index is -0.312. The molecule has 2 rings (SSSR count). The van der Waals surface area contributed by atoms with E-state index in [0.29, 0.717) is 0 Å². The third-order valence-electron chi connectivity index (χ3n) is 2.88. The van der Waals surface area contributed by atoms with Crippen molar-refractivity contribution in [2.75, 3.05) is 6.61 Å². The summed E-state index contributed by atoms with van der Waals surface area (Å²) in [6.45, 7) is 0.831. The van der Waals surface area contributed by atoms with Gasteiger partial charge in [0.05, 0.1) is 6.61 Å². The van der Waals surface area contributed by atoms with Crippen molar-refractivity contribution in [3.63, 3.8) is 0 Å². The monoisotopic (exact) mass is 180 g/mol. The average Bonchev–Trinajstić information content (AvgIpc) is 2.19. The summed E-state index contributed by atoms with van der Waals surface area (Å²) in [5.41, 5.74) is 0. The lowest BCUT2D eigenvalue weighted by Crippen LogP contribution is -2.44. The van der Waals surface area contributed by atoms with Crippen molar-refractivity contribution in [3.05, 3.63) is 0 Å². The molecule has 0 aliphatic carbocycles. The molecule has 2 nitrogen and oxygen atoms in total. The molecule has 0 aromatic rings. The average molecular weight is 180 g/mol. The minimum Gasteiger partial charge on any atom is -0.350 e. The Morgan fingerprint density at radius 3 is 2.77 bits per heavy atom. The summed E-state index contributed by atoms with van der Waals surface area (Å²) in [5.74, 6) is 2.36. The molecule has 13 heavy (non-hydrogen) atoms. The van der Waals surface area contributed by atoms with Crippen LogP contribution in [0.5, 0.6) is 0 Å². The molecule has 0 aromatic heterocycles. The van der Waals surface area contributed by atoms with Gasteiger partial charge in [0.1, 0.15) is 6.10 Å². The summed E-state index contributed by atoms with van der Waals surface area (Å²) in [6, 6.07) is 0. The second kappa shape index (κ2) is 3.69. The van der Waals surface area contributed by atoms with Gasteiger partial charge in [-0.1, -0.05) is 5.92 Å². The molecule has 2 fully saturated rings. The largest absolute Gasteiger partial charge is 0.350 e. The summed E-state index contributed by atoms with van der Waals surface area (Å²) in [5, 5.41) is 0. The van der Waals surface area contributed by atoms with E-state index in [2.05, 4.69) is 5.92 Å². The Labute approximate surface area is 79.6 Å². The zero-order valence-electron chi connectivity index (χ0n) is 7.92. The van der Waals surface area contributed by atoms with Crippen molar-refractivity contribution in [3.8, 4) is 12.3 Å². The number of ether oxygens (including phenoxy) is 2. The van der Waals surface area contributed by atoms with Crippen LogP contribution in [0.3, 0.4) is 0 Å². The summed E-state index contributed by atoms with van der Waals surface area (Å²) < 4.78 is 11.5. The molecule has 2 saturated heterocycles. The lowest BCUT2D eigenvalue weighted by molar-refractivity contribution is -0.285. The highest BCUT2D eigenvalue weighted by Gasteiger charge is 2.38. The molecule has 0 unspecified atom stereocenters. The van der Waals surface area contributed by atoms with Gasteiger partial charge in [0.25, 0.3) is 0 Å². The van der Waals surface area contributed by atoms with Crippen LogP contribution in [0.25, 0.3) is 0 Å². The Balaban J connectivity index is 2.00. The summed E-state index contributed by atoms with van der Waals surface area (Å²) in [7, 11) is 0. The van der Waals surface area contributed by atoms with Gasteiger partial charge in [-0.05, 0) is 25.7 Å². The molecule has 0 aromatic carbocycles. The van der Waals surface area contributed by atoms with E-state index >= 15 is 0 Å². The van der Waals surface area contributed by atoms with Crippen LogP contribution in [0, 0.1) is 12.3 Å². The Kier molecular flexibility index (Phi) is 2.57. The van der Waals surface area contributed by atoms with Gasteiger partial charge >= 0.3 is 0 Å². The summed E-state index contributed by atoms with van der Waals surface area (Å²) in [6.07, 6.45) is 11.9. The molecule has 0 bridgehead atoms. The van der Waals surface area contributed by atoms with E-state index in [0.717, 1.165) is 38.7 Å². The van der Waals surface area contributed by atoms with E-state index in [9.17, 15) is 0 Å². The smallest absolute Gasteiger partial charge is 0.169 e. The van der Waals surface area contributed by atoms with Gasteiger partial charge in [0, 0.05) is 12.8 Å². The lowest BCUT2D eigenvalue weighted by atomic mass is 9.95. The number of rotatable bonds is 0. The van der Waals surface area contributed by atoms with Gasteiger partial charge < -0.3 is 9.47 Å². The fourth-order valence-corrected chi connectivity index (χ4v) is 2.17. The highest BCUT2D eigenvalue weighted by Crippen LogP contribution is 2.36. The van der Waals surface area contributed by atoms with Gasteiger partial charge in [-0.15, -0.1) is 6.42 Å². The Hall–Kier alpha value is -0.520. The molecule has 1 spiro atoms. The van der Waals surface area contributed by atoms with Gasteiger partial charge in [0.2, 0.25) is 0 Å². The van der Waals surface area contributed by atoms with Crippen molar-refractivity contribution in [2.24, 2.45) is 0 Å². The van der Waals surface area contributed by atoms with E-state index in [1.165, 1.54) is 6.42 Å². The van der Waals surface area contributed by atoms with Crippen molar-refractivity contribution < 1.29 is 9.47 Å². The van der Waals surface area contributed by atoms with Crippen LogP contribution in [-0.4, -0.2) is 18.5 Å². The minimum absolute atomic E-state index is 0.0214. The topological polar surface area (TPSA) is 18.5 Å². The first-order valence-corrected chi connectivity index (χ1v) is 5.13. The second-order valence-electron chi connectivity index (χ2n) is 3.88. The maximum atomic E-state index is 5.81. The van der Waals surface area contributed by atoms with Crippen LogP contribution in [0.15, 0.2) is 0 Å². The summed E-state index contributed by atoms with van der Waals surface area (Å²) in [4.78, 5) is 0. The first-order chi connectivity index (χ1) is 6.35. The van der Waals surface area contributed by atoms with E-state index in [4.69, 9.17) is 15.9 Å². The van der Waals surface area contributed by atoms with Gasteiger partial charge in [-0.25, -0.2) is 0 Å². The Morgan fingerprint density at radius 2 is 2.08 bits per heavy atom. The van der Waals surface area contributed by atoms with Gasteiger partial charge in [0.15, 0.2) is 5.79 Å². The molecule has 2 atom stereocenters. The fraction of sp³-hybridized carbons (Fsp3) is 0.818. The van der Waals surface area contributed by atoms with E-state index < -0.39 is 0 Å². The molecule has 0 saturated carbocycles. The third kappa shape index (κ3) is 1.87. The quantitative estimate of drug-likeness (QED) is 0.531. The molecule has 72 valence electrons. The van der Waals surface area contributed by atoms with Gasteiger partial charge in [-0.2, -0.15) is 0 Å². The molecule has 2 heteroatoms. The van der Waals surface area contributed by atoms with E-state index in [1.807, 2.05) is 0 Å². The lowest BCUT2D eigenvalue weighted by Gasteiger charge is -2.41. The first-order valence-electron chi connectivity index (χ1n) is 5.13. The zero-order chi connectivity index (χ0) is 9.15. The molecule has 2 aliphatic rings. The number of hydrogen-bond donors (Lipinski definition) is 0. The normalized spacial score (nSPS) is 40.1. The van der Waals surface area contributed by atoms with Gasteiger partial charge in [-0.3, -0.25) is 0 Å². The highest BCUT2D eigenvalue weighted by atomic mass is 16.7. The van der Waals surface area contributed by atoms with Crippen LogP contribution in [-0.2, 0) is 9.47 Å². The molecule has 0 N–H and O–H groups in total. The molecule has 0 amide bonds. The molecule has 2 heterocycles. The van der Waals surface area contributed by atoms with Crippen molar-refractivity contribution in [2.45, 2.75) is 50.4 Å². The molecular weight excluding hydrogens is 164 g/mol. The van der Waals surface area contributed by atoms with Crippen molar-refractivity contribution >= 4 is 0 Å². The SMILES string of the molecule is C#C[C@@H]1CCC[C@]2(CCCCO2)O1. The van der Waals surface area contributed by atoms with Crippen LogP contribution in [0.1, 0.15) is 38.5 Å². The van der Waals surface area contributed by atoms with Crippen molar-refractivity contribution in [1.82, 2.24) is 0 Å². The maximum absolute atomic E-state index is 5.81. The standard InChI is InChI=1S/C11H16O2/c1-2-10-6-5-8-11(13-10)7-3-4-9-12-11/h1,10H,3-9H2/t10-,11+/m1/s1. The first kappa shape index (κ1) is 9.05. The number of hydrogen-bond acceptors (Lipinski definition) is 2. The molecule has 2 aliphatic heterocycles. The predicted molar refractivity (Wildman–Crippen MR) is 50.1 cm³/mol. The second-order valence-corrected chi connectivity index (χ2v) is 3.88. The number of terminal acetylenes is 1. The van der Waals surface area contributed by atoms with E-state index in [1.54, 1.807) is 0 Å². The van der Waals surface area contributed by atoms with Crippen LogP contribution >= 0.6 is 0 Å². The maximum Gasteiger partial charge on any atom is 0.169 e. The molecule has 0 radical (unpaired) electrons. The van der Waals surface area contributed by atoms with E-state index in [-0.39, 0.29) is 11.9 Å². The van der Waals surface area contributed by atoms with Crippen LogP contribution in [0.2, 0.25) is 0 Å². The Morgan fingerprint density at radius 1 is 1.23 bits per heavy atom.